The van der Waals surface area contributed by atoms with E-state index in [4.69, 9.17) is 9.47 Å². The Bertz CT molecular complexity index is 1070. The van der Waals surface area contributed by atoms with Crippen molar-refractivity contribution in [2.75, 3.05) is 26.3 Å². The number of allylic oxidation sites excluding steroid dienone is 1. The number of esters is 1. The summed E-state index contributed by atoms with van der Waals surface area (Å²) in [5.74, 6) is -0.113. The zero-order valence-corrected chi connectivity index (χ0v) is 20.9. The van der Waals surface area contributed by atoms with E-state index in [0.29, 0.717) is 18.4 Å². The van der Waals surface area contributed by atoms with Crippen LogP contribution in [0.2, 0.25) is 0 Å². The van der Waals surface area contributed by atoms with Gasteiger partial charge in [-0.15, -0.1) is 0 Å². The first-order valence-electron chi connectivity index (χ1n) is 12.6. The Morgan fingerprint density at radius 1 is 1.14 bits per heavy atom. The summed E-state index contributed by atoms with van der Waals surface area (Å²) in [5, 5.41) is 0. The summed E-state index contributed by atoms with van der Waals surface area (Å²) in [5.41, 5.74) is 2.70. The molecule has 1 fully saturated rings. The fraction of sp³-hybridized carbons (Fsp3) is 0.483. The number of ether oxygens (including phenoxy) is 2. The topological polar surface area (TPSA) is 38.8 Å². The lowest BCUT2D eigenvalue weighted by Crippen LogP contribution is -2.26. The van der Waals surface area contributed by atoms with Crippen LogP contribution in [-0.2, 0) is 11.2 Å². The number of fused-ring (bicyclic) bond motifs is 1. The van der Waals surface area contributed by atoms with Crippen molar-refractivity contribution in [3.05, 3.63) is 65.0 Å². The second kappa shape index (κ2) is 10.9. The van der Waals surface area contributed by atoms with E-state index in [-0.39, 0.29) is 18.5 Å². The van der Waals surface area contributed by atoms with Crippen LogP contribution in [0.15, 0.2) is 42.5 Å². The maximum absolute atomic E-state index is 15.4. The van der Waals surface area contributed by atoms with Crippen LogP contribution in [-0.4, -0.2) is 43.3 Å². The molecule has 1 saturated heterocycles. The predicted molar refractivity (Wildman–Crippen MR) is 134 cm³/mol. The number of carbonyl (C=O) groups is 1. The van der Waals surface area contributed by atoms with Crippen molar-refractivity contribution in [1.82, 2.24) is 4.90 Å². The fourth-order valence-corrected chi connectivity index (χ4v) is 4.62. The molecule has 0 N–H and O–H groups in total. The summed E-state index contributed by atoms with van der Waals surface area (Å²) in [6.45, 7) is 7.50. The van der Waals surface area contributed by atoms with Gasteiger partial charge in [0.05, 0.1) is 12.1 Å². The highest BCUT2D eigenvalue weighted by atomic mass is 19.1. The lowest BCUT2D eigenvalue weighted by molar-refractivity contribution is -0.143. The molecule has 1 unspecified atom stereocenters. The van der Waals surface area contributed by atoms with Gasteiger partial charge < -0.3 is 9.47 Å². The van der Waals surface area contributed by atoms with Crippen molar-refractivity contribution in [2.45, 2.75) is 59.0 Å². The molecule has 0 amide bonds. The second-order valence-electron chi connectivity index (χ2n) is 10.4. The van der Waals surface area contributed by atoms with E-state index >= 15 is 4.39 Å². The number of hydrogen-bond acceptors (Lipinski definition) is 4. The van der Waals surface area contributed by atoms with Crippen LogP contribution < -0.4 is 9.47 Å². The van der Waals surface area contributed by atoms with Gasteiger partial charge in [-0.2, -0.15) is 0 Å². The number of hydrogen-bond donors (Lipinski definition) is 0. The van der Waals surface area contributed by atoms with Gasteiger partial charge in [0.15, 0.2) is 11.6 Å². The molecule has 1 aliphatic carbocycles. The van der Waals surface area contributed by atoms with Gasteiger partial charge >= 0.3 is 5.97 Å². The third-order valence-electron chi connectivity index (χ3n) is 6.60. The van der Waals surface area contributed by atoms with Crippen LogP contribution in [0.5, 0.6) is 11.5 Å². The third kappa shape index (κ3) is 6.10. The Labute approximate surface area is 206 Å². The van der Waals surface area contributed by atoms with Crippen LogP contribution in [0.1, 0.15) is 63.1 Å². The Hall–Kier alpha value is -2.73. The van der Waals surface area contributed by atoms with E-state index in [9.17, 15) is 9.18 Å². The van der Waals surface area contributed by atoms with Crippen molar-refractivity contribution in [3.8, 4) is 11.5 Å². The molecule has 2 aromatic rings. The third-order valence-corrected chi connectivity index (χ3v) is 6.60. The van der Waals surface area contributed by atoms with Crippen LogP contribution in [0, 0.1) is 11.2 Å². The van der Waals surface area contributed by atoms with Crippen LogP contribution in [0.25, 0.3) is 5.57 Å². The lowest BCUT2D eigenvalue weighted by Gasteiger charge is -2.19. The summed E-state index contributed by atoms with van der Waals surface area (Å²) < 4.78 is 39.4. The number of carbonyl (C=O) groups excluding carboxylic acids is 1. The molecule has 2 aliphatic rings. The average Bonchev–Trinajstić information content (AvgIpc) is 3.15. The SMILES string of the molecule is CC(C)(C)C(=O)Oc1ccc2c(c1F)CCCC=C2c1ccc(OC2CCN(CCCF)C2)cc1. The van der Waals surface area contributed by atoms with Crippen LogP contribution in [0.3, 0.4) is 0 Å². The highest BCUT2D eigenvalue weighted by molar-refractivity contribution is 5.83. The minimum absolute atomic E-state index is 0.00852. The Kier molecular flexibility index (Phi) is 7.90. The van der Waals surface area contributed by atoms with Crippen molar-refractivity contribution in [2.24, 2.45) is 5.41 Å². The van der Waals surface area contributed by atoms with Gasteiger partial charge in [-0.05, 0) is 93.3 Å². The number of alkyl halides is 1. The number of halogens is 2. The molecule has 4 nitrogen and oxygen atoms in total. The average molecular weight is 484 g/mol. The van der Waals surface area contributed by atoms with Crippen LogP contribution in [0.4, 0.5) is 8.78 Å². The summed E-state index contributed by atoms with van der Waals surface area (Å²) in [6, 6.07) is 11.4. The van der Waals surface area contributed by atoms with Crippen molar-refractivity contribution < 1.29 is 23.0 Å². The molecule has 1 heterocycles. The molecule has 1 aliphatic heterocycles. The summed E-state index contributed by atoms with van der Waals surface area (Å²) >= 11 is 0. The molecule has 4 rings (SSSR count). The first-order chi connectivity index (χ1) is 16.8. The highest BCUT2D eigenvalue weighted by Gasteiger charge is 2.27. The predicted octanol–water partition coefficient (Wildman–Crippen LogP) is 6.36. The largest absolute Gasteiger partial charge is 0.489 e. The van der Waals surface area contributed by atoms with E-state index in [1.165, 1.54) is 0 Å². The van der Waals surface area contributed by atoms with E-state index in [2.05, 4.69) is 11.0 Å². The molecule has 0 aromatic heterocycles. The molecule has 0 bridgehead atoms. The number of rotatable bonds is 7. The van der Waals surface area contributed by atoms with Gasteiger partial charge in [0, 0.05) is 19.6 Å². The molecule has 35 heavy (non-hydrogen) atoms. The number of benzene rings is 2. The quantitative estimate of drug-likeness (QED) is 0.339. The van der Waals surface area contributed by atoms with Gasteiger partial charge in [0.1, 0.15) is 11.9 Å². The molecular weight excluding hydrogens is 448 g/mol. The zero-order chi connectivity index (χ0) is 25.0. The van der Waals surface area contributed by atoms with Gasteiger partial charge in [-0.25, -0.2) is 4.39 Å². The maximum atomic E-state index is 15.4. The first-order valence-corrected chi connectivity index (χ1v) is 12.6. The van der Waals surface area contributed by atoms with E-state index in [0.717, 1.165) is 61.3 Å². The van der Waals surface area contributed by atoms with Gasteiger partial charge in [-0.1, -0.05) is 24.3 Å². The minimum Gasteiger partial charge on any atom is -0.489 e. The van der Waals surface area contributed by atoms with Gasteiger partial charge in [0.2, 0.25) is 0 Å². The van der Waals surface area contributed by atoms with Crippen molar-refractivity contribution >= 4 is 11.5 Å². The number of nitrogens with zero attached hydrogens (tertiary/aromatic N) is 1. The Morgan fingerprint density at radius 3 is 2.63 bits per heavy atom. The number of likely N-dealkylation sites (tertiary alicyclic amines) is 1. The van der Waals surface area contributed by atoms with Gasteiger partial charge in [0.25, 0.3) is 0 Å². The minimum atomic E-state index is -0.709. The molecule has 188 valence electrons. The summed E-state index contributed by atoms with van der Waals surface area (Å²) in [4.78, 5) is 14.5. The van der Waals surface area contributed by atoms with Crippen LogP contribution >= 0.6 is 0 Å². The van der Waals surface area contributed by atoms with Gasteiger partial charge in [-0.3, -0.25) is 14.1 Å². The van der Waals surface area contributed by atoms with Crippen molar-refractivity contribution in [3.63, 3.8) is 0 Å². The fourth-order valence-electron chi connectivity index (χ4n) is 4.62. The van der Waals surface area contributed by atoms with Crippen molar-refractivity contribution in [1.29, 1.82) is 0 Å². The standard InChI is InChI=1S/C29H35F2NO3/c1-29(2,3)28(33)35-26-14-13-24-23(7-4-5-8-25(24)27(26)31)20-9-11-21(12-10-20)34-22-15-18-32(19-22)17-6-16-30/h7,9-14,22H,4-6,8,15-19H2,1-3H3. The zero-order valence-electron chi connectivity index (χ0n) is 20.9. The maximum Gasteiger partial charge on any atom is 0.316 e. The molecule has 1 atom stereocenters. The first kappa shape index (κ1) is 25.4. The molecule has 0 radical (unpaired) electrons. The Morgan fingerprint density at radius 2 is 1.91 bits per heavy atom. The molecule has 0 spiro atoms. The highest BCUT2D eigenvalue weighted by Crippen LogP contribution is 2.36. The normalized spacial score (nSPS) is 18.5. The molecule has 2 aromatic carbocycles. The lowest BCUT2D eigenvalue weighted by atomic mass is 9.93. The van der Waals surface area contributed by atoms with E-state index in [1.54, 1.807) is 26.8 Å². The monoisotopic (exact) mass is 483 g/mol. The summed E-state index contributed by atoms with van der Waals surface area (Å²) in [7, 11) is 0. The van der Waals surface area contributed by atoms with E-state index in [1.807, 2.05) is 30.3 Å². The second-order valence-corrected chi connectivity index (χ2v) is 10.4. The molecular formula is C29H35F2NO3. The molecule has 0 saturated carbocycles. The smallest absolute Gasteiger partial charge is 0.316 e. The summed E-state index contributed by atoms with van der Waals surface area (Å²) in [6.07, 6.45) is 6.03. The molecule has 6 heteroatoms. The Balaban J connectivity index is 1.49. The van der Waals surface area contributed by atoms with E-state index < -0.39 is 17.2 Å².